The van der Waals surface area contributed by atoms with Crippen LogP contribution >= 0.6 is 0 Å². The summed E-state index contributed by atoms with van der Waals surface area (Å²) < 4.78 is 1.83. The van der Waals surface area contributed by atoms with Crippen molar-refractivity contribution >= 4 is 17.7 Å². The highest BCUT2D eigenvalue weighted by atomic mass is 16.4. The number of aliphatic carboxylic acids is 1. The standard InChI is InChI=1S/C29H27N3O2/c1-20-16-24-17-23(25-18-30-31(2)19-25)13-14-27(24)29(32(20)26-6-4-3-5-7-26)22-11-8-21(9-12-22)10-15-28(33)34/h3-15,17-20,29H,16H2,1-2H3,(H,33,34)/b15-10+/t20-,29-/m1/s1. The van der Waals surface area contributed by atoms with Crippen LogP contribution in [0.15, 0.2) is 91.3 Å². The molecule has 0 saturated heterocycles. The summed E-state index contributed by atoms with van der Waals surface area (Å²) in [4.78, 5) is 13.4. The summed E-state index contributed by atoms with van der Waals surface area (Å²) in [6.45, 7) is 2.28. The van der Waals surface area contributed by atoms with Crippen molar-refractivity contribution in [2.24, 2.45) is 7.05 Å². The van der Waals surface area contributed by atoms with Crippen LogP contribution < -0.4 is 4.90 Å². The van der Waals surface area contributed by atoms with Crippen LogP contribution in [0.25, 0.3) is 17.2 Å². The summed E-state index contributed by atoms with van der Waals surface area (Å²) in [6.07, 6.45) is 7.70. The number of nitrogens with zero attached hydrogens (tertiary/aromatic N) is 3. The van der Waals surface area contributed by atoms with Crippen LogP contribution in [0.5, 0.6) is 0 Å². The smallest absolute Gasteiger partial charge is 0.328 e. The van der Waals surface area contributed by atoms with Crippen molar-refractivity contribution in [3.05, 3.63) is 114 Å². The molecule has 5 nitrogen and oxygen atoms in total. The summed E-state index contributed by atoms with van der Waals surface area (Å²) in [5.74, 6) is -0.946. The Kier molecular flexibility index (Phi) is 5.76. The first-order valence-electron chi connectivity index (χ1n) is 11.5. The third kappa shape index (κ3) is 4.25. The molecular formula is C29H27N3O2. The predicted octanol–water partition coefficient (Wildman–Crippen LogP) is 5.73. The second-order valence-electron chi connectivity index (χ2n) is 8.85. The highest BCUT2D eigenvalue weighted by Gasteiger charge is 2.33. The lowest BCUT2D eigenvalue weighted by atomic mass is 9.83. The molecular weight excluding hydrogens is 422 g/mol. The number of aryl methyl sites for hydroxylation is 1. The molecule has 0 bridgehead atoms. The number of hydrogen-bond donors (Lipinski definition) is 1. The number of carboxylic acids is 1. The van der Waals surface area contributed by atoms with Crippen LogP contribution in [0.2, 0.25) is 0 Å². The first kappa shape index (κ1) is 21.7. The van der Waals surface area contributed by atoms with E-state index in [1.54, 1.807) is 6.08 Å². The van der Waals surface area contributed by atoms with Gasteiger partial charge in [0.1, 0.15) is 0 Å². The second kappa shape index (κ2) is 9.02. The van der Waals surface area contributed by atoms with Crippen LogP contribution in [0.1, 0.15) is 35.2 Å². The number of rotatable bonds is 5. The fourth-order valence-corrected chi connectivity index (χ4v) is 4.92. The Morgan fingerprint density at radius 1 is 1.03 bits per heavy atom. The predicted molar refractivity (Wildman–Crippen MR) is 136 cm³/mol. The summed E-state index contributed by atoms with van der Waals surface area (Å²) in [6, 6.07) is 25.9. The number of carboxylic acid groups (broad SMARTS) is 1. The van der Waals surface area contributed by atoms with Gasteiger partial charge in [-0.1, -0.05) is 60.7 Å². The maximum atomic E-state index is 10.9. The van der Waals surface area contributed by atoms with Crippen molar-refractivity contribution in [3.8, 4) is 11.1 Å². The lowest BCUT2D eigenvalue weighted by molar-refractivity contribution is -0.131. The van der Waals surface area contributed by atoms with Crippen molar-refractivity contribution in [1.29, 1.82) is 0 Å². The first-order valence-corrected chi connectivity index (χ1v) is 11.5. The van der Waals surface area contributed by atoms with Gasteiger partial charge >= 0.3 is 5.97 Å². The van der Waals surface area contributed by atoms with Gasteiger partial charge in [-0.05, 0) is 59.4 Å². The van der Waals surface area contributed by atoms with Crippen LogP contribution in [-0.2, 0) is 18.3 Å². The Morgan fingerprint density at radius 2 is 1.79 bits per heavy atom. The van der Waals surface area contributed by atoms with Gasteiger partial charge in [0.05, 0.1) is 12.2 Å². The molecule has 1 aliphatic heterocycles. The number of benzene rings is 3. The third-order valence-electron chi connectivity index (χ3n) is 6.47. The molecule has 0 radical (unpaired) electrons. The van der Waals surface area contributed by atoms with Gasteiger partial charge in [0.25, 0.3) is 0 Å². The summed E-state index contributed by atoms with van der Waals surface area (Å²) in [5.41, 5.74) is 8.18. The van der Waals surface area contributed by atoms with Crippen molar-refractivity contribution in [1.82, 2.24) is 9.78 Å². The number of hydrogen-bond acceptors (Lipinski definition) is 3. The van der Waals surface area contributed by atoms with E-state index in [0.29, 0.717) is 6.04 Å². The van der Waals surface area contributed by atoms with Crippen LogP contribution in [0.3, 0.4) is 0 Å². The minimum atomic E-state index is -0.946. The van der Waals surface area contributed by atoms with Crippen LogP contribution in [-0.4, -0.2) is 26.9 Å². The molecule has 0 amide bonds. The number of para-hydroxylation sites is 1. The van der Waals surface area contributed by atoms with E-state index < -0.39 is 5.97 Å². The molecule has 1 aliphatic rings. The van der Waals surface area contributed by atoms with Gasteiger partial charge in [-0.2, -0.15) is 5.10 Å². The number of carbonyl (C=O) groups is 1. The molecule has 0 spiro atoms. The fraction of sp³-hybridized carbons (Fsp3) is 0.172. The highest BCUT2D eigenvalue weighted by Crippen LogP contribution is 2.42. The van der Waals surface area contributed by atoms with Crippen LogP contribution in [0, 0.1) is 0 Å². The Morgan fingerprint density at radius 3 is 2.47 bits per heavy atom. The number of fused-ring (bicyclic) bond motifs is 1. The van der Waals surface area contributed by atoms with Gasteiger partial charge in [-0.25, -0.2) is 4.79 Å². The SMILES string of the molecule is C[C@@H]1Cc2cc(-c3cnn(C)c3)ccc2[C@@H](c2ccc(/C=C/C(=O)O)cc2)N1c1ccccc1. The molecule has 0 aliphatic carbocycles. The van der Waals surface area contributed by atoms with Crippen LogP contribution in [0.4, 0.5) is 5.69 Å². The van der Waals surface area contributed by atoms with Crippen molar-refractivity contribution < 1.29 is 9.90 Å². The van der Waals surface area contributed by atoms with E-state index in [0.717, 1.165) is 17.5 Å². The normalized spacial score (nSPS) is 17.6. The Balaban J connectivity index is 1.60. The third-order valence-corrected chi connectivity index (χ3v) is 6.47. The largest absolute Gasteiger partial charge is 0.478 e. The summed E-state index contributed by atoms with van der Waals surface area (Å²) in [5, 5.41) is 13.3. The topological polar surface area (TPSA) is 58.4 Å². The molecule has 1 aromatic heterocycles. The van der Waals surface area contributed by atoms with Gasteiger partial charge in [0.2, 0.25) is 0 Å². The zero-order valence-corrected chi connectivity index (χ0v) is 19.3. The summed E-state index contributed by atoms with van der Waals surface area (Å²) >= 11 is 0. The average Bonchev–Trinajstić information content (AvgIpc) is 3.28. The van der Waals surface area contributed by atoms with Gasteiger partial charge in [0.15, 0.2) is 0 Å². The number of aromatic nitrogens is 2. The van der Waals surface area contributed by atoms with E-state index in [4.69, 9.17) is 5.11 Å². The zero-order chi connectivity index (χ0) is 23.7. The molecule has 0 fully saturated rings. The lowest BCUT2D eigenvalue weighted by Gasteiger charge is -2.44. The highest BCUT2D eigenvalue weighted by molar-refractivity contribution is 5.85. The van der Waals surface area contributed by atoms with E-state index in [9.17, 15) is 4.79 Å². The van der Waals surface area contributed by atoms with E-state index in [1.165, 1.54) is 34.0 Å². The van der Waals surface area contributed by atoms with Gasteiger partial charge in [0, 0.05) is 36.6 Å². The fourth-order valence-electron chi connectivity index (χ4n) is 4.92. The molecule has 3 aromatic carbocycles. The maximum absolute atomic E-state index is 10.9. The Bertz CT molecular complexity index is 1340. The van der Waals surface area contributed by atoms with E-state index in [1.807, 2.05) is 42.3 Å². The summed E-state index contributed by atoms with van der Waals surface area (Å²) in [7, 11) is 1.94. The van der Waals surface area contributed by atoms with E-state index in [2.05, 4.69) is 71.5 Å². The minimum absolute atomic E-state index is 0.0570. The molecule has 1 N–H and O–H groups in total. The van der Waals surface area contributed by atoms with Gasteiger partial charge in [-0.3, -0.25) is 4.68 Å². The average molecular weight is 450 g/mol. The molecule has 34 heavy (non-hydrogen) atoms. The second-order valence-corrected chi connectivity index (χ2v) is 8.85. The van der Waals surface area contributed by atoms with Crippen molar-refractivity contribution in [3.63, 3.8) is 0 Å². The van der Waals surface area contributed by atoms with E-state index in [-0.39, 0.29) is 6.04 Å². The monoisotopic (exact) mass is 449 g/mol. The van der Waals surface area contributed by atoms with Crippen molar-refractivity contribution in [2.75, 3.05) is 4.90 Å². The lowest BCUT2D eigenvalue weighted by Crippen LogP contribution is -2.42. The maximum Gasteiger partial charge on any atom is 0.328 e. The number of anilines is 1. The first-order chi connectivity index (χ1) is 16.5. The molecule has 170 valence electrons. The molecule has 0 unspecified atom stereocenters. The molecule has 4 aromatic rings. The minimum Gasteiger partial charge on any atom is -0.478 e. The molecule has 5 heteroatoms. The zero-order valence-electron chi connectivity index (χ0n) is 19.3. The van der Waals surface area contributed by atoms with Gasteiger partial charge < -0.3 is 10.0 Å². The quantitative estimate of drug-likeness (QED) is 0.396. The van der Waals surface area contributed by atoms with Crippen molar-refractivity contribution in [2.45, 2.75) is 25.4 Å². The molecule has 2 atom stereocenters. The molecule has 0 saturated carbocycles. The van der Waals surface area contributed by atoms with E-state index >= 15 is 0 Å². The Labute approximate surface area is 199 Å². The van der Waals surface area contributed by atoms with Gasteiger partial charge in [-0.15, -0.1) is 0 Å². The Hall–Kier alpha value is -4.12. The molecule has 5 rings (SSSR count). The molecule has 2 heterocycles.